The second-order valence-electron chi connectivity index (χ2n) is 8.09. The lowest BCUT2D eigenvalue weighted by atomic mass is 9.85. The van der Waals surface area contributed by atoms with Gasteiger partial charge < -0.3 is 13.7 Å². The van der Waals surface area contributed by atoms with E-state index < -0.39 is 8.32 Å². The fourth-order valence-corrected chi connectivity index (χ4v) is 7.28. The second kappa shape index (κ2) is 9.77. The van der Waals surface area contributed by atoms with E-state index in [1.165, 1.54) is 29.6 Å². The van der Waals surface area contributed by atoms with Crippen LogP contribution >= 0.6 is 0 Å². The maximum absolute atomic E-state index is 7.16. The van der Waals surface area contributed by atoms with Crippen molar-refractivity contribution < 1.29 is 9.16 Å². The number of rotatable bonds is 9. The highest BCUT2D eigenvalue weighted by molar-refractivity contribution is 6.73. The van der Waals surface area contributed by atoms with Crippen molar-refractivity contribution in [2.45, 2.75) is 70.7 Å². The van der Waals surface area contributed by atoms with Crippen molar-refractivity contribution in [2.24, 2.45) is 7.05 Å². The molecule has 158 valence electrons. The lowest BCUT2D eigenvalue weighted by Gasteiger charge is -2.37. The number of aromatic nitrogens is 2. The van der Waals surface area contributed by atoms with Crippen molar-refractivity contribution in [2.75, 3.05) is 7.11 Å². The summed E-state index contributed by atoms with van der Waals surface area (Å²) in [6.07, 6.45) is 8.56. The molecule has 1 atom stereocenters. The number of imidazole rings is 1. The van der Waals surface area contributed by atoms with E-state index in [0.717, 1.165) is 42.5 Å². The molecule has 0 bridgehead atoms. The van der Waals surface area contributed by atoms with Crippen LogP contribution in [0.25, 0.3) is 5.57 Å². The van der Waals surface area contributed by atoms with Gasteiger partial charge in [0.25, 0.3) is 0 Å². The number of aryl methyl sites for hydroxylation is 1. The SMILES string of the molecule is CC[Si](CC)(CC)OC(C1=C(c2nccn2C)CCCC1)c1ccc(OC)cc1. The first-order valence-electron chi connectivity index (χ1n) is 11.1. The van der Waals surface area contributed by atoms with Gasteiger partial charge in [0.1, 0.15) is 11.6 Å². The summed E-state index contributed by atoms with van der Waals surface area (Å²) in [5.74, 6) is 1.98. The molecule has 1 heterocycles. The number of benzene rings is 1. The van der Waals surface area contributed by atoms with Gasteiger partial charge in [-0.3, -0.25) is 0 Å². The van der Waals surface area contributed by atoms with E-state index in [2.05, 4.69) is 56.7 Å². The van der Waals surface area contributed by atoms with Crippen LogP contribution in [0.15, 0.2) is 42.2 Å². The Morgan fingerprint density at radius 3 is 2.24 bits per heavy atom. The largest absolute Gasteiger partial charge is 0.497 e. The Kier molecular flexibility index (Phi) is 7.36. The molecule has 1 aromatic carbocycles. The van der Waals surface area contributed by atoms with Crippen molar-refractivity contribution in [1.82, 2.24) is 9.55 Å². The van der Waals surface area contributed by atoms with E-state index in [1.54, 1.807) is 7.11 Å². The summed E-state index contributed by atoms with van der Waals surface area (Å²) in [5, 5.41) is 0. The Morgan fingerprint density at radius 2 is 1.69 bits per heavy atom. The average Bonchev–Trinajstić information content (AvgIpc) is 3.21. The highest BCUT2D eigenvalue weighted by Gasteiger charge is 2.35. The van der Waals surface area contributed by atoms with Gasteiger partial charge in [-0.25, -0.2) is 4.98 Å². The third-order valence-corrected chi connectivity index (χ3v) is 11.2. The molecule has 3 rings (SSSR count). The molecule has 0 N–H and O–H groups in total. The summed E-state index contributed by atoms with van der Waals surface area (Å²) < 4.78 is 14.7. The van der Waals surface area contributed by atoms with Gasteiger partial charge in [0.2, 0.25) is 0 Å². The van der Waals surface area contributed by atoms with Gasteiger partial charge in [-0.2, -0.15) is 0 Å². The van der Waals surface area contributed by atoms with E-state index in [9.17, 15) is 0 Å². The number of nitrogens with zero attached hydrogens (tertiary/aromatic N) is 2. The standard InChI is InChI=1S/C24H36N2O2Si/c1-6-29(7-2,8-3)28-23(19-13-15-20(27-5)16-14-19)21-11-9-10-12-22(21)24-25-17-18-26(24)4/h13-18,23H,6-12H2,1-5H3. The van der Waals surface area contributed by atoms with E-state index in [4.69, 9.17) is 14.1 Å². The van der Waals surface area contributed by atoms with Gasteiger partial charge in [-0.15, -0.1) is 0 Å². The molecule has 1 unspecified atom stereocenters. The van der Waals surface area contributed by atoms with E-state index >= 15 is 0 Å². The van der Waals surface area contributed by atoms with Crippen LogP contribution in [0.2, 0.25) is 18.1 Å². The van der Waals surface area contributed by atoms with Crippen LogP contribution in [0.1, 0.15) is 63.9 Å². The van der Waals surface area contributed by atoms with Gasteiger partial charge in [0.05, 0.1) is 13.2 Å². The van der Waals surface area contributed by atoms with E-state index in [0.29, 0.717) is 0 Å². The van der Waals surface area contributed by atoms with Crippen molar-refractivity contribution in [3.05, 3.63) is 53.6 Å². The van der Waals surface area contributed by atoms with Crippen LogP contribution in [-0.4, -0.2) is 25.0 Å². The fourth-order valence-electron chi connectivity index (χ4n) is 4.50. The molecule has 29 heavy (non-hydrogen) atoms. The fraction of sp³-hybridized carbons (Fsp3) is 0.542. The van der Waals surface area contributed by atoms with Gasteiger partial charge in [-0.05, 0) is 72.7 Å². The maximum Gasteiger partial charge on any atom is 0.193 e. The number of ether oxygens (including phenoxy) is 1. The Morgan fingerprint density at radius 1 is 1.03 bits per heavy atom. The summed E-state index contributed by atoms with van der Waals surface area (Å²) in [6.45, 7) is 6.91. The molecule has 2 aromatic rings. The van der Waals surface area contributed by atoms with Crippen LogP contribution < -0.4 is 4.74 Å². The quantitative estimate of drug-likeness (QED) is 0.440. The Bertz CT molecular complexity index is 813. The summed E-state index contributed by atoms with van der Waals surface area (Å²) in [5.41, 5.74) is 4.06. The Balaban J connectivity index is 2.12. The zero-order valence-corrected chi connectivity index (χ0v) is 19.7. The Hall–Kier alpha value is -1.85. The van der Waals surface area contributed by atoms with Gasteiger partial charge in [0.15, 0.2) is 8.32 Å². The highest BCUT2D eigenvalue weighted by atomic mass is 28.4. The molecule has 5 heteroatoms. The third kappa shape index (κ3) is 4.67. The van der Waals surface area contributed by atoms with Crippen molar-refractivity contribution in [3.8, 4) is 5.75 Å². The van der Waals surface area contributed by atoms with Crippen LogP contribution in [0.5, 0.6) is 5.75 Å². The van der Waals surface area contributed by atoms with Crippen molar-refractivity contribution >= 4 is 13.9 Å². The first kappa shape index (κ1) is 21.8. The molecular weight excluding hydrogens is 376 g/mol. The summed E-state index contributed by atoms with van der Waals surface area (Å²) in [7, 11) is 2.02. The molecule has 0 radical (unpaired) electrons. The first-order valence-corrected chi connectivity index (χ1v) is 13.6. The molecule has 4 nitrogen and oxygen atoms in total. The molecule has 1 aliphatic rings. The minimum absolute atomic E-state index is 0.0134. The van der Waals surface area contributed by atoms with Crippen LogP contribution in [0.3, 0.4) is 0 Å². The van der Waals surface area contributed by atoms with Crippen LogP contribution in [-0.2, 0) is 11.5 Å². The monoisotopic (exact) mass is 412 g/mol. The van der Waals surface area contributed by atoms with Crippen molar-refractivity contribution in [1.29, 1.82) is 0 Å². The Labute approximate surface area is 177 Å². The second-order valence-corrected chi connectivity index (χ2v) is 12.8. The summed E-state index contributed by atoms with van der Waals surface area (Å²) >= 11 is 0. The summed E-state index contributed by atoms with van der Waals surface area (Å²) in [4.78, 5) is 4.69. The molecule has 0 amide bonds. The summed E-state index contributed by atoms with van der Waals surface area (Å²) in [6, 6.07) is 11.9. The molecule has 0 spiro atoms. The molecule has 1 aliphatic carbocycles. The van der Waals surface area contributed by atoms with Crippen LogP contribution in [0.4, 0.5) is 0 Å². The minimum Gasteiger partial charge on any atom is -0.497 e. The van der Waals surface area contributed by atoms with E-state index in [-0.39, 0.29) is 6.10 Å². The molecule has 0 fully saturated rings. The average molecular weight is 413 g/mol. The van der Waals surface area contributed by atoms with Crippen molar-refractivity contribution in [3.63, 3.8) is 0 Å². The molecule has 0 aliphatic heterocycles. The van der Waals surface area contributed by atoms with Gasteiger partial charge in [-0.1, -0.05) is 32.9 Å². The predicted molar refractivity (Wildman–Crippen MR) is 123 cm³/mol. The zero-order valence-electron chi connectivity index (χ0n) is 18.7. The van der Waals surface area contributed by atoms with Gasteiger partial charge >= 0.3 is 0 Å². The van der Waals surface area contributed by atoms with Gasteiger partial charge in [0, 0.05) is 19.4 Å². The molecule has 1 aromatic heterocycles. The molecule has 0 saturated carbocycles. The highest BCUT2D eigenvalue weighted by Crippen LogP contribution is 2.43. The molecular formula is C24H36N2O2Si. The minimum atomic E-state index is -1.79. The number of hydrogen-bond donors (Lipinski definition) is 0. The predicted octanol–water partition coefficient (Wildman–Crippen LogP) is 6.52. The lowest BCUT2D eigenvalue weighted by Crippen LogP contribution is -2.38. The number of hydrogen-bond acceptors (Lipinski definition) is 3. The first-order chi connectivity index (χ1) is 14.1. The third-order valence-electron chi connectivity index (χ3n) is 6.64. The number of methoxy groups -OCH3 is 1. The lowest BCUT2D eigenvalue weighted by molar-refractivity contribution is 0.219. The maximum atomic E-state index is 7.16. The van der Waals surface area contributed by atoms with E-state index in [1.807, 2.05) is 12.4 Å². The topological polar surface area (TPSA) is 36.3 Å². The smallest absolute Gasteiger partial charge is 0.193 e. The molecule has 0 saturated heterocycles. The normalized spacial score (nSPS) is 16.2. The number of allylic oxidation sites excluding steroid dienone is 1. The van der Waals surface area contributed by atoms with Crippen LogP contribution in [0, 0.1) is 0 Å². The zero-order chi connectivity index (χ0) is 20.9.